The minimum Gasteiger partial charge on any atom is -0.508 e. The molecule has 4 N–H and O–H groups in total. The Hall–Kier alpha value is -2.08. The minimum atomic E-state index is -1.08. The molecular formula is C22H30O6. The number of rotatable bonds is 3. The van der Waals surface area contributed by atoms with Crippen molar-refractivity contribution in [1.29, 1.82) is 0 Å². The summed E-state index contributed by atoms with van der Waals surface area (Å²) in [6.07, 6.45) is 6.19. The zero-order valence-corrected chi connectivity index (χ0v) is 16.3. The largest absolute Gasteiger partial charge is 0.508 e. The fraction of sp³-hybridized carbons (Fsp3) is 0.636. The molecule has 6 heteroatoms. The van der Waals surface area contributed by atoms with Gasteiger partial charge < -0.3 is 20.4 Å². The SMILES string of the molecule is C[C@]12CC[C@@H]3c4ccc(O)cc4CC[C@H]3[C@@H]1CC[C@@H]2O.O=C(O)CCC(=O)O. The Labute approximate surface area is 165 Å². The second-order valence-electron chi connectivity index (χ2n) is 8.72. The highest BCUT2D eigenvalue weighted by Crippen LogP contribution is 2.60. The summed E-state index contributed by atoms with van der Waals surface area (Å²) in [6, 6.07) is 5.96. The molecule has 2 fully saturated rings. The number of aliphatic hydroxyl groups is 1. The van der Waals surface area contributed by atoms with Crippen molar-refractivity contribution in [2.45, 2.75) is 70.3 Å². The first-order valence-electron chi connectivity index (χ1n) is 10.2. The zero-order valence-electron chi connectivity index (χ0n) is 16.3. The van der Waals surface area contributed by atoms with Gasteiger partial charge in [0.1, 0.15) is 5.75 Å². The van der Waals surface area contributed by atoms with Crippen LogP contribution in [0.5, 0.6) is 5.75 Å². The predicted molar refractivity (Wildman–Crippen MR) is 103 cm³/mol. The molecule has 0 spiro atoms. The molecule has 0 bridgehead atoms. The van der Waals surface area contributed by atoms with Gasteiger partial charge in [0, 0.05) is 0 Å². The molecular weight excluding hydrogens is 360 g/mol. The van der Waals surface area contributed by atoms with Gasteiger partial charge in [-0.05, 0) is 85.0 Å². The van der Waals surface area contributed by atoms with Gasteiger partial charge in [-0.1, -0.05) is 13.0 Å². The van der Waals surface area contributed by atoms with E-state index in [1.165, 1.54) is 30.4 Å². The van der Waals surface area contributed by atoms with E-state index in [0.29, 0.717) is 17.6 Å². The maximum absolute atomic E-state index is 10.4. The number of aliphatic hydroxyl groups excluding tert-OH is 1. The summed E-state index contributed by atoms with van der Waals surface area (Å²) in [5.41, 5.74) is 2.99. The number of carboxylic acid groups (broad SMARTS) is 2. The van der Waals surface area contributed by atoms with Gasteiger partial charge in [-0.15, -0.1) is 0 Å². The number of aryl methyl sites for hydroxylation is 1. The number of phenolic OH excluding ortho intramolecular Hbond substituents is 1. The van der Waals surface area contributed by atoms with Gasteiger partial charge in [0.25, 0.3) is 0 Å². The summed E-state index contributed by atoms with van der Waals surface area (Å²) in [5, 5.41) is 35.8. The van der Waals surface area contributed by atoms with Crippen LogP contribution >= 0.6 is 0 Å². The van der Waals surface area contributed by atoms with Crippen LogP contribution in [0, 0.1) is 17.3 Å². The van der Waals surface area contributed by atoms with E-state index in [2.05, 4.69) is 13.0 Å². The van der Waals surface area contributed by atoms with Gasteiger partial charge in [0.05, 0.1) is 18.9 Å². The minimum absolute atomic E-state index is 0.0883. The lowest BCUT2D eigenvalue weighted by atomic mass is 9.55. The Morgan fingerprint density at radius 3 is 2.39 bits per heavy atom. The van der Waals surface area contributed by atoms with Crippen LogP contribution in [0.4, 0.5) is 0 Å². The third-order valence-corrected chi connectivity index (χ3v) is 7.21. The third-order valence-electron chi connectivity index (χ3n) is 7.21. The van der Waals surface area contributed by atoms with Crippen molar-refractivity contribution in [3.63, 3.8) is 0 Å². The van der Waals surface area contributed by atoms with Crippen molar-refractivity contribution in [2.24, 2.45) is 17.3 Å². The zero-order chi connectivity index (χ0) is 20.5. The fourth-order valence-electron chi connectivity index (χ4n) is 5.76. The summed E-state index contributed by atoms with van der Waals surface area (Å²) >= 11 is 0. The molecule has 6 nitrogen and oxygen atoms in total. The molecule has 0 aromatic heterocycles. The Morgan fingerprint density at radius 1 is 1.07 bits per heavy atom. The van der Waals surface area contributed by atoms with E-state index in [1.807, 2.05) is 12.1 Å². The second kappa shape index (κ2) is 8.11. The maximum atomic E-state index is 10.4. The van der Waals surface area contributed by atoms with Gasteiger partial charge in [0.15, 0.2) is 0 Å². The molecule has 4 rings (SSSR count). The molecule has 3 aliphatic carbocycles. The highest BCUT2D eigenvalue weighted by atomic mass is 16.4. The number of carboxylic acids is 2. The van der Waals surface area contributed by atoms with Crippen molar-refractivity contribution < 1.29 is 30.0 Å². The van der Waals surface area contributed by atoms with E-state index in [4.69, 9.17) is 10.2 Å². The van der Waals surface area contributed by atoms with E-state index in [0.717, 1.165) is 25.2 Å². The number of hydrogen-bond acceptors (Lipinski definition) is 4. The molecule has 0 saturated heterocycles. The molecule has 1 aromatic carbocycles. The number of aromatic hydroxyl groups is 1. The van der Waals surface area contributed by atoms with Crippen molar-refractivity contribution in [3.8, 4) is 5.75 Å². The van der Waals surface area contributed by atoms with Crippen LogP contribution in [0.25, 0.3) is 0 Å². The molecule has 0 aliphatic heterocycles. The second-order valence-corrected chi connectivity index (χ2v) is 8.72. The van der Waals surface area contributed by atoms with Crippen LogP contribution in [0.15, 0.2) is 18.2 Å². The maximum Gasteiger partial charge on any atom is 0.303 e. The van der Waals surface area contributed by atoms with E-state index >= 15 is 0 Å². The summed E-state index contributed by atoms with van der Waals surface area (Å²) in [7, 11) is 0. The van der Waals surface area contributed by atoms with Gasteiger partial charge in [-0.3, -0.25) is 9.59 Å². The first kappa shape index (κ1) is 20.6. The van der Waals surface area contributed by atoms with Crippen LogP contribution in [-0.2, 0) is 16.0 Å². The standard InChI is InChI=1S/C18H24O2.C4H6O4/c1-18-9-8-14-13-5-3-12(19)10-11(13)2-4-15(14)16(18)6-7-17(18)20;5-3(6)1-2-4(7)8/h3,5,10,14-17,19-20H,2,4,6-9H2,1H3;1-2H2,(H,5,6)(H,7,8)/t14-,15-,16+,17+,18+;/m1./s1. The molecule has 154 valence electrons. The average Bonchev–Trinajstić information content (AvgIpc) is 2.95. The van der Waals surface area contributed by atoms with Gasteiger partial charge in [-0.2, -0.15) is 0 Å². The van der Waals surface area contributed by atoms with Crippen LogP contribution in [-0.4, -0.2) is 38.5 Å². The molecule has 0 amide bonds. The first-order valence-corrected chi connectivity index (χ1v) is 10.2. The van der Waals surface area contributed by atoms with Gasteiger partial charge >= 0.3 is 11.9 Å². The van der Waals surface area contributed by atoms with Gasteiger partial charge in [0.2, 0.25) is 0 Å². The first-order chi connectivity index (χ1) is 13.2. The quantitative estimate of drug-likeness (QED) is 0.627. The monoisotopic (exact) mass is 390 g/mol. The average molecular weight is 390 g/mol. The predicted octanol–water partition coefficient (Wildman–Crippen LogP) is 3.55. The van der Waals surface area contributed by atoms with Crippen LogP contribution in [0.2, 0.25) is 0 Å². The molecule has 0 unspecified atom stereocenters. The van der Waals surface area contributed by atoms with Crippen LogP contribution < -0.4 is 0 Å². The van der Waals surface area contributed by atoms with Crippen molar-refractivity contribution in [1.82, 2.24) is 0 Å². The molecule has 0 heterocycles. The highest BCUT2D eigenvalue weighted by Gasteiger charge is 2.54. The molecule has 1 aromatic rings. The lowest BCUT2D eigenvalue weighted by Crippen LogP contribution is -2.43. The van der Waals surface area contributed by atoms with Crippen LogP contribution in [0.1, 0.15) is 68.9 Å². The highest BCUT2D eigenvalue weighted by molar-refractivity contribution is 5.75. The molecule has 3 aliphatic rings. The topological polar surface area (TPSA) is 115 Å². The Balaban J connectivity index is 0.000000242. The fourth-order valence-corrected chi connectivity index (χ4v) is 5.76. The number of aliphatic carboxylic acids is 2. The molecule has 0 radical (unpaired) electrons. The molecule has 28 heavy (non-hydrogen) atoms. The summed E-state index contributed by atoms with van der Waals surface area (Å²) < 4.78 is 0. The van der Waals surface area contributed by atoms with Crippen molar-refractivity contribution in [3.05, 3.63) is 29.3 Å². The lowest BCUT2D eigenvalue weighted by molar-refractivity contribution is -0.143. The summed E-state index contributed by atoms with van der Waals surface area (Å²) in [6.45, 7) is 2.32. The van der Waals surface area contributed by atoms with E-state index in [9.17, 15) is 19.8 Å². The number of phenols is 1. The van der Waals surface area contributed by atoms with Crippen LogP contribution in [0.3, 0.4) is 0 Å². The number of hydrogen-bond donors (Lipinski definition) is 4. The smallest absolute Gasteiger partial charge is 0.303 e. The Morgan fingerprint density at radius 2 is 1.75 bits per heavy atom. The molecule has 5 atom stereocenters. The Kier molecular flexibility index (Phi) is 5.98. The summed E-state index contributed by atoms with van der Waals surface area (Å²) in [4.78, 5) is 19.3. The third kappa shape index (κ3) is 4.02. The van der Waals surface area contributed by atoms with E-state index in [1.54, 1.807) is 0 Å². The Bertz CT molecular complexity index is 731. The number of carbonyl (C=O) groups is 2. The number of fused-ring (bicyclic) bond motifs is 5. The number of benzene rings is 1. The van der Waals surface area contributed by atoms with Crippen molar-refractivity contribution >= 4 is 11.9 Å². The lowest BCUT2D eigenvalue weighted by Gasteiger charge is -2.50. The van der Waals surface area contributed by atoms with Gasteiger partial charge in [-0.25, -0.2) is 0 Å². The normalized spacial score (nSPS) is 32.9. The van der Waals surface area contributed by atoms with Crippen molar-refractivity contribution in [2.75, 3.05) is 0 Å². The van der Waals surface area contributed by atoms with E-state index in [-0.39, 0.29) is 24.4 Å². The molecule has 2 saturated carbocycles. The summed E-state index contributed by atoms with van der Waals surface area (Å²) in [5.74, 6) is 0.336. The van der Waals surface area contributed by atoms with E-state index < -0.39 is 11.9 Å².